The molecule has 1 fully saturated rings. The van der Waals surface area contributed by atoms with Crippen LogP contribution in [0.2, 0.25) is 0 Å². The summed E-state index contributed by atoms with van der Waals surface area (Å²) in [6, 6.07) is 0.325. The van der Waals surface area contributed by atoms with E-state index in [9.17, 15) is 4.79 Å². The highest BCUT2D eigenvalue weighted by molar-refractivity contribution is 5.77. The molecule has 3 heteroatoms. The number of rotatable bonds is 6. The predicted octanol–water partition coefficient (Wildman–Crippen LogP) is 3.18. The first-order valence-electron chi connectivity index (χ1n) is 7.86. The molecule has 1 unspecified atom stereocenters. The first-order valence-corrected chi connectivity index (χ1v) is 7.86. The van der Waals surface area contributed by atoms with Gasteiger partial charge in [-0.1, -0.05) is 33.1 Å². The average molecular weight is 268 g/mol. The summed E-state index contributed by atoms with van der Waals surface area (Å²) >= 11 is 0. The lowest BCUT2D eigenvalue weighted by atomic mass is 9.71. The molecule has 0 radical (unpaired) electrons. The van der Waals surface area contributed by atoms with E-state index in [1.54, 1.807) is 0 Å². The zero-order valence-electron chi connectivity index (χ0n) is 13.2. The van der Waals surface area contributed by atoms with E-state index in [4.69, 9.17) is 5.73 Å². The Morgan fingerprint density at radius 3 is 2.26 bits per heavy atom. The Morgan fingerprint density at radius 2 is 1.79 bits per heavy atom. The molecule has 2 N–H and O–H groups in total. The normalized spacial score (nSPS) is 20.3. The quantitative estimate of drug-likeness (QED) is 0.804. The summed E-state index contributed by atoms with van der Waals surface area (Å²) in [4.78, 5) is 14.4. The van der Waals surface area contributed by atoms with Gasteiger partial charge in [-0.3, -0.25) is 4.79 Å². The fraction of sp³-hybridized carbons (Fsp3) is 0.938. The highest BCUT2D eigenvalue weighted by Crippen LogP contribution is 2.38. The molecule has 0 aromatic heterocycles. The van der Waals surface area contributed by atoms with Gasteiger partial charge in [-0.2, -0.15) is 0 Å². The lowest BCUT2D eigenvalue weighted by Gasteiger charge is -2.38. The molecule has 0 saturated heterocycles. The summed E-state index contributed by atoms with van der Waals surface area (Å²) in [6.45, 7) is 7.22. The summed E-state index contributed by atoms with van der Waals surface area (Å²) in [5.74, 6) is 0.906. The molecule has 1 aliphatic carbocycles. The van der Waals surface area contributed by atoms with Crippen LogP contribution in [0.25, 0.3) is 0 Å². The van der Waals surface area contributed by atoms with Gasteiger partial charge >= 0.3 is 0 Å². The molecule has 0 aromatic carbocycles. The number of amides is 1. The number of hydrogen-bond donors (Lipinski definition) is 1. The molecule has 0 heterocycles. The van der Waals surface area contributed by atoms with Gasteiger partial charge in [-0.15, -0.1) is 0 Å². The SMILES string of the molecule is CC(C)CC(C)N(C)C(=O)CC1(CN)CCCCC1. The maximum Gasteiger partial charge on any atom is 0.223 e. The first kappa shape index (κ1) is 16.5. The molecule has 1 amide bonds. The second-order valence-corrected chi connectivity index (χ2v) is 6.92. The van der Waals surface area contributed by atoms with Crippen LogP contribution in [-0.2, 0) is 4.79 Å². The van der Waals surface area contributed by atoms with E-state index < -0.39 is 0 Å². The second kappa shape index (κ2) is 7.28. The zero-order chi connectivity index (χ0) is 14.5. The maximum atomic E-state index is 12.5. The Bertz CT molecular complexity index is 282. The van der Waals surface area contributed by atoms with Crippen molar-refractivity contribution < 1.29 is 4.79 Å². The molecule has 1 aliphatic rings. The number of carbonyl (C=O) groups is 1. The van der Waals surface area contributed by atoms with E-state index in [0.717, 1.165) is 19.3 Å². The van der Waals surface area contributed by atoms with Crippen LogP contribution in [0.3, 0.4) is 0 Å². The number of hydrogen-bond acceptors (Lipinski definition) is 2. The van der Waals surface area contributed by atoms with Gasteiger partial charge in [0.25, 0.3) is 0 Å². The highest BCUT2D eigenvalue weighted by atomic mass is 16.2. The molecule has 3 nitrogen and oxygen atoms in total. The van der Waals surface area contributed by atoms with Crippen molar-refractivity contribution in [3.05, 3.63) is 0 Å². The second-order valence-electron chi connectivity index (χ2n) is 6.92. The Balaban J connectivity index is 2.56. The fourth-order valence-corrected chi connectivity index (χ4v) is 3.29. The van der Waals surface area contributed by atoms with Crippen LogP contribution in [0, 0.1) is 11.3 Å². The molecular formula is C16H32N2O. The summed E-state index contributed by atoms with van der Waals surface area (Å²) < 4.78 is 0. The van der Waals surface area contributed by atoms with Gasteiger partial charge in [0, 0.05) is 19.5 Å². The topological polar surface area (TPSA) is 46.3 Å². The zero-order valence-corrected chi connectivity index (χ0v) is 13.2. The molecule has 19 heavy (non-hydrogen) atoms. The molecule has 1 rings (SSSR count). The van der Waals surface area contributed by atoms with E-state index in [0.29, 0.717) is 24.9 Å². The van der Waals surface area contributed by atoms with E-state index >= 15 is 0 Å². The smallest absolute Gasteiger partial charge is 0.223 e. The van der Waals surface area contributed by atoms with Gasteiger partial charge in [0.05, 0.1) is 0 Å². The van der Waals surface area contributed by atoms with Crippen molar-refractivity contribution >= 4 is 5.91 Å². The monoisotopic (exact) mass is 268 g/mol. The van der Waals surface area contributed by atoms with Crippen molar-refractivity contribution in [1.82, 2.24) is 4.90 Å². The minimum absolute atomic E-state index is 0.0845. The van der Waals surface area contributed by atoms with Gasteiger partial charge in [-0.05, 0) is 44.1 Å². The van der Waals surface area contributed by atoms with Gasteiger partial charge in [0.1, 0.15) is 0 Å². The predicted molar refractivity (Wildman–Crippen MR) is 80.9 cm³/mol. The van der Waals surface area contributed by atoms with Crippen molar-refractivity contribution in [1.29, 1.82) is 0 Å². The van der Waals surface area contributed by atoms with Crippen LogP contribution in [0.1, 0.15) is 65.7 Å². The average Bonchev–Trinajstić information content (AvgIpc) is 2.38. The number of nitrogens with two attached hydrogens (primary N) is 1. The summed E-state index contributed by atoms with van der Waals surface area (Å²) in [5.41, 5.74) is 6.06. The highest BCUT2D eigenvalue weighted by Gasteiger charge is 2.34. The van der Waals surface area contributed by atoms with E-state index in [1.807, 2.05) is 11.9 Å². The summed E-state index contributed by atoms with van der Waals surface area (Å²) in [7, 11) is 1.95. The number of carbonyl (C=O) groups excluding carboxylic acids is 1. The van der Waals surface area contributed by atoms with Gasteiger partial charge in [-0.25, -0.2) is 0 Å². The maximum absolute atomic E-state index is 12.5. The molecule has 0 aliphatic heterocycles. The van der Waals surface area contributed by atoms with E-state index in [-0.39, 0.29) is 11.3 Å². The van der Waals surface area contributed by atoms with Gasteiger partial charge in [0.2, 0.25) is 5.91 Å². The standard InChI is InChI=1S/C16H32N2O/c1-13(2)10-14(3)18(4)15(19)11-16(12-17)8-6-5-7-9-16/h13-14H,5-12,17H2,1-4H3. The Kier molecular flexibility index (Phi) is 6.31. The van der Waals surface area contributed by atoms with Crippen LogP contribution < -0.4 is 5.73 Å². The fourth-order valence-electron chi connectivity index (χ4n) is 3.29. The summed E-state index contributed by atoms with van der Waals surface area (Å²) in [5, 5.41) is 0. The molecule has 0 spiro atoms. The molecule has 1 atom stereocenters. The van der Waals surface area contributed by atoms with Crippen molar-refractivity contribution in [3.63, 3.8) is 0 Å². The van der Waals surface area contributed by atoms with E-state index in [2.05, 4.69) is 20.8 Å². The molecular weight excluding hydrogens is 236 g/mol. The van der Waals surface area contributed by atoms with Crippen molar-refractivity contribution in [3.8, 4) is 0 Å². The molecule has 112 valence electrons. The molecule has 0 bridgehead atoms. The largest absolute Gasteiger partial charge is 0.343 e. The Morgan fingerprint density at radius 1 is 1.21 bits per heavy atom. The first-order chi connectivity index (χ1) is 8.90. The lowest BCUT2D eigenvalue weighted by Crippen LogP contribution is -2.42. The number of nitrogens with zero attached hydrogens (tertiary/aromatic N) is 1. The molecule has 0 aromatic rings. The Hall–Kier alpha value is -0.570. The van der Waals surface area contributed by atoms with Crippen LogP contribution in [-0.4, -0.2) is 30.4 Å². The van der Waals surface area contributed by atoms with Crippen LogP contribution in [0.15, 0.2) is 0 Å². The van der Waals surface area contributed by atoms with Crippen molar-refractivity contribution in [2.45, 2.75) is 71.8 Å². The van der Waals surface area contributed by atoms with Crippen LogP contribution in [0.5, 0.6) is 0 Å². The van der Waals surface area contributed by atoms with E-state index in [1.165, 1.54) is 19.3 Å². The third-order valence-electron chi connectivity index (χ3n) is 4.74. The van der Waals surface area contributed by atoms with Crippen LogP contribution in [0.4, 0.5) is 0 Å². The Labute approximate surface area is 118 Å². The third kappa shape index (κ3) is 4.79. The van der Waals surface area contributed by atoms with Crippen molar-refractivity contribution in [2.24, 2.45) is 17.1 Å². The van der Waals surface area contributed by atoms with Gasteiger partial charge in [0.15, 0.2) is 0 Å². The summed E-state index contributed by atoms with van der Waals surface area (Å²) in [6.07, 6.45) is 7.73. The lowest BCUT2D eigenvalue weighted by molar-refractivity contribution is -0.135. The third-order valence-corrected chi connectivity index (χ3v) is 4.74. The van der Waals surface area contributed by atoms with Gasteiger partial charge < -0.3 is 10.6 Å². The minimum atomic E-state index is 0.0845. The van der Waals surface area contributed by atoms with Crippen LogP contribution >= 0.6 is 0 Å². The minimum Gasteiger partial charge on any atom is -0.343 e. The van der Waals surface area contributed by atoms with Crippen molar-refractivity contribution in [2.75, 3.05) is 13.6 Å². The molecule has 1 saturated carbocycles.